The number of nitrogens with zero attached hydrogens (tertiary/aromatic N) is 2. The van der Waals surface area contributed by atoms with Crippen LogP contribution in [0, 0.1) is 0 Å². The highest BCUT2D eigenvalue weighted by molar-refractivity contribution is 5.91. The molecule has 8 heteroatoms. The molecule has 0 spiro atoms. The molecule has 2 aromatic rings. The summed E-state index contributed by atoms with van der Waals surface area (Å²) in [6, 6.07) is 10.9. The largest absolute Gasteiger partial charge is 0.384 e. The van der Waals surface area contributed by atoms with Crippen LogP contribution in [0.2, 0.25) is 0 Å². The summed E-state index contributed by atoms with van der Waals surface area (Å²) in [5.41, 5.74) is 5.73. The van der Waals surface area contributed by atoms with Crippen LogP contribution in [-0.4, -0.2) is 27.4 Å². The molecule has 1 fully saturated rings. The third-order valence-electron chi connectivity index (χ3n) is 4.67. The molecule has 3 amide bonds. The summed E-state index contributed by atoms with van der Waals surface area (Å²) in [5.74, 6) is 0.564. The smallest absolute Gasteiger partial charge is 0.315 e. The summed E-state index contributed by atoms with van der Waals surface area (Å²) in [7, 11) is 0. The van der Waals surface area contributed by atoms with E-state index in [1.807, 2.05) is 30.3 Å². The van der Waals surface area contributed by atoms with Gasteiger partial charge >= 0.3 is 6.03 Å². The highest BCUT2D eigenvalue weighted by Gasteiger charge is 2.42. The molecular weight excluding hydrogens is 344 g/mol. The van der Waals surface area contributed by atoms with Crippen molar-refractivity contribution < 1.29 is 9.59 Å². The van der Waals surface area contributed by atoms with Crippen molar-refractivity contribution in [2.24, 2.45) is 0 Å². The number of urea groups is 1. The molecule has 0 unspecified atom stereocenters. The molecule has 1 aliphatic carbocycles. The molecule has 1 aromatic heterocycles. The SMILES string of the molecule is Nc1ccnc(CNC(=O)C2(NC(=O)NCc3ccccc3)CCCC2)n1. The Balaban J connectivity index is 1.57. The van der Waals surface area contributed by atoms with Gasteiger partial charge in [0.2, 0.25) is 5.91 Å². The molecule has 0 aliphatic heterocycles. The van der Waals surface area contributed by atoms with E-state index in [0.29, 0.717) is 31.0 Å². The lowest BCUT2D eigenvalue weighted by atomic mass is 9.96. The van der Waals surface area contributed by atoms with E-state index in [1.54, 1.807) is 12.3 Å². The van der Waals surface area contributed by atoms with Gasteiger partial charge < -0.3 is 21.7 Å². The Morgan fingerprint density at radius 3 is 2.48 bits per heavy atom. The summed E-state index contributed by atoms with van der Waals surface area (Å²) in [5, 5.41) is 8.52. The van der Waals surface area contributed by atoms with Crippen molar-refractivity contribution in [3.05, 3.63) is 54.0 Å². The normalized spacial score (nSPS) is 15.1. The van der Waals surface area contributed by atoms with Crippen LogP contribution in [0.15, 0.2) is 42.6 Å². The number of hydrogen-bond donors (Lipinski definition) is 4. The Morgan fingerprint density at radius 1 is 1.04 bits per heavy atom. The number of aromatic nitrogens is 2. The molecule has 142 valence electrons. The summed E-state index contributed by atoms with van der Waals surface area (Å²) >= 11 is 0. The number of nitrogens with one attached hydrogen (secondary N) is 3. The average Bonchev–Trinajstić information content (AvgIpc) is 3.15. The van der Waals surface area contributed by atoms with Crippen LogP contribution < -0.4 is 21.7 Å². The molecule has 1 saturated carbocycles. The van der Waals surface area contributed by atoms with Crippen molar-refractivity contribution in [1.29, 1.82) is 0 Å². The van der Waals surface area contributed by atoms with Gasteiger partial charge in [-0.25, -0.2) is 14.8 Å². The van der Waals surface area contributed by atoms with E-state index in [2.05, 4.69) is 25.9 Å². The number of amides is 3. The van der Waals surface area contributed by atoms with Crippen molar-refractivity contribution in [3.8, 4) is 0 Å². The minimum absolute atomic E-state index is 0.166. The monoisotopic (exact) mass is 368 g/mol. The van der Waals surface area contributed by atoms with E-state index in [1.165, 1.54) is 0 Å². The van der Waals surface area contributed by atoms with Gasteiger partial charge in [0.15, 0.2) is 0 Å². The Hall–Kier alpha value is -3.16. The molecule has 1 aliphatic rings. The minimum atomic E-state index is -0.902. The highest BCUT2D eigenvalue weighted by Crippen LogP contribution is 2.30. The van der Waals surface area contributed by atoms with Crippen LogP contribution in [0.1, 0.15) is 37.1 Å². The predicted molar refractivity (Wildman–Crippen MR) is 101 cm³/mol. The fraction of sp³-hybridized carbons (Fsp3) is 0.368. The molecule has 1 aromatic carbocycles. The quantitative estimate of drug-likeness (QED) is 0.615. The lowest BCUT2D eigenvalue weighted by Crippen LogP contribution is -2.59. The fourth-order valence-corrected chi connectivity index (χ4v) is 3.26. The van der Waals surface area contributed by atoms with Gasteiger partial charge in [0.05, 0.1) is 6.54 Å². The molecule has 0 radical (unpaired) electrons. The Kier molecular flexibility index (Phi) is 5.85. The molecule has 8 nitrogen and oxygen atoms in total. The third kappa shape index (κ3) is 4.93. The maximum atomic E-state index is 12.8. The predicted octanol–water partition coefficient (Wildman–Crippen LogP) is 1.49. The van der Waals surface area contributed by atoms with Gasteiger partial charge in [-0.1, -0.05) is 43.2 Å². The number of rotatable bonds is 6. The van der Waals surface area contributed by atoms with E-state index >= 15 is 0 Å². The number of carbonyl (C=O) groups is 2. The zero-order valence-corrected chi connectivity index (χ0v) is 15.1. The van der Waals surface area contributed by atoms with Crippen LogP contribution in [0.3, 0.4) is 0 Å². The second-order valence-electron chi connectivity index (χ2n) is 6.66. The second kappa shape index (κ2) is 8.48. The number of nitrogen functional groups attached to an aromatic ring is 1. The van der Waals surface area contributed by atoms with E-state index in [4.69, 9.17) is 5.73 Å². The average molecular weight is 368 g/mol. The first-order valence-corrected chi connectivity index (χ1v) is 9.03. The van der Waals surface area contributed by atoms with Crippen LogP contribution in [0.25, 0.3) is 0 Å². The lowest BCUT2D eigenvalue weighted by Gasteiger charge is -2.29. The molecule has 27 heavy (non-hydrogen) atoms. The Bertz CT molecular complexity index is 790. The zero-order valence-electron chi connectivity index (χ0n) is 15.1. The first-order chi connectivity index (χ1) is 13.1. The summed E-state index contributed by atoms with van der Waals surface area (Å²) in [4.78, 5) is 33.3. The van der Waals surface area contributed by atoms with Crippen LogP contribution in [0.5, 0.6) is 0 Å². The van der Waals surface area contributed by atoms with Gasteiger partial charge in [-0.15, -0.1) is 0 Å². The number of nitrogens with two attached hydrogens (primary N) is 1. The lowest BCUT2D eigenvalue weighted by molar-refractivity contribution is -0.127. The van der Waals surface area contributed by atoms with Gasteiger partial charge in [0, 0.05) is 12.7 Å². The number of benzene rings is 1. The van der Waals surface area contributed by atoms with Crippen LogP contribution in [0.4, 0.5) is 10.6 Å². The molecule has 5 N–H and O–H groups in total. The van der Waals surface area contributed by atoms with Crippen LogP contribution >= 0.6 is 0 Å². The fourth-order valence-electron chi connectivity index (χ4n) is 3.26. The van der Waals surface area contributed by atoms with Gasteiger partial charge in [-0.2, -0.15) is 0 Å². The van der Waals surface area contributed by atoms with Gasteiger partial charge in [-0.3, -0.25) is 4.79 Å². The third-order valence-corrected chi connectivity index (χ3v) is 4.67. The van der Waals surface area contributed by atoms with E-state index in [-0.39, 0.29) is 18.5 Å². The van der Waals surface area contributed by atoms with E-state index in [9.17, 15) is 9.59 Å². The zero-order chi connectivity index (χ0) is 19.1. The van der Waals surface area contributed by atoms with Crippen molar-refractivity contribution in [2.45, 2.75) is 44.3 Å². The Labute approximate surface area is 158 Å². The summed E-state index contributed by atoms with van der Waals surface area (Å²) in [6.07, 6.45) is 4.54. The maximum absolute atomic E-state index is 12.8. The highest BCUT2D eigenvalue weighted by atomic mass is 16.2. The number of anilines is 1. The van der Waals surface area contributed by atoms with Crippen molar-refractivity contribution in [3.63, 3.8) is 0 Å². The number of hydrogen-bond acceptors (Lipinski definition) is 5. The summed E-state index contributed by atoms with van der Waals surface area (Å²) in [6.45, 7) is 0.570. The van der Waals surface area contributed by atoms with Crippen molar-refractivity contribution >= 4 is 17.8 Å². The molecular formula is C19H24N6O2. The number of carbonyl (C=O) groups excluding carboxylic acids is 2. The summed E-state index contributed by atoms with van der Waals surface area (Å²) < 4.78 is 0. The molecule has 3 rings (SSSR count). The van der Waals surface area contributed by atoms with E-state index < -0.39 is 5.54 Å². The first kappa shape index (κ1) is 18.6. The first-order valence-electron chi connectivity index (χ1n) is 9.03. The van der Waals surface area contributed by atoms with Crippen molar-refractivity contribution in [1.82, 2.24) is 25.9 Å². The minimum Gasteiger partial charge on any atom is -0.384 e. The van der Waals surface area contributed by atoms with Crippen LogP contribution in [-0.2, 0) is 17.9 Å². The van der Waals surface area contributed by atoms with Crippen molar-refractivity contribution in [2.75, 3.05) is 5.73 Å². The molecule has 0 saturated heterocycles. The molecule has 0 bridgehead atoms. The Morgan fingerprint density at radius 2 is 1.78 bits per heavy atom. The van der Waals surface area contributed by atoms with Gasteiger partial charge in [0.25, 0.3) is 0 Å². The second-order valence-corrected chi connectivity index (χ2v) is 6.66. The molecule has 0 atom stereocenters. The topological polar surface area (TPSA) is 122 Å². The molecule has 1 heterocycles. The van der Waals surface area contributed by atoms with Gasteiger partial charge in [-0.05, 0) is 24.5 Å². The standard InChI is InChI=1S/C19H24N6O2/c20-15-8-11-21-16(24-15)13-22-17(26)19(9-4-5-10-19)25-18(27)23-12-14-6-2-1-3-7-14/h1-3,6-8,11H,4-5,9-10,12-13H2,(H,22,26)(H2,20,21,24)(H2,23,25,27). The van der Waals surface area contributed by atoms with E-state index in [0.717, 1.165) is 18.4 Å². The van der Waals surface area contributed by atoms with Gasteiger partial charge in [0.1, 0.15) is 17.2 Å². The maximum Gasteiger partial charge on any atom is 0.315 e.